The number of carbonyl (C=O) groups excluding carboxylic acids is 1. The van der Waals surface area contributed by atoms with Crippen molar-refractivity contribution in [2.45, 2.75) is 37.4 Å². The number of alkyl halides is 5. The van der Waals surface area contributed by atoms with Gasteiger partial charge in [0.05, 0.1) is 20.9 Å². The van der Waals surface area contributed by atoms with Crippen LogP contribution >= 0.6 is 0 Å². The van der Waals surface area contributed by atoms with Gasteiger partial charge in [0.15, 0.2) is 0 Å². The number of rotatable bonds is 4. The molecule has 2 heterocycles. The number of amides is 1. The molecule has 0 spiro atoms. The summed E-state index contributed by atoms with van der Waals surface area (Å²) >= 11 is 0. The zero-order chi connectivity index (χ0) is 24.8. The molecule has 2 N–H and O–H groups in total. The van der Waals surface area contributed by atoms with Gasteiger partial charge in [-0.3, -0.25) is 4.79 Å². The molecule has 0 radical (unpaired) electrons. The molecule has 180 valence electrons. The van der Waals surface area contributed by atoms with Gasteiger partial charge in [-0.2, -0.15) is 13.2 Å². The number of nitrogens with zero attached hydrogens (tertiary/aromatic N) is 2. The minimum absolute atomic E-state index is 0.0909. The van der Waals surface area contributed by atoms with Crippen LogP contribution in [0.3, 0.4) is 0 Å². The fraction of sp³-hybridized carbons (Fsp3) is 0.429. The molecule has 1 aliphatic rings. The summed E-state index contributed by atoms with van der Waals surface area (Å²) in [4.78, 5) is 18.5. The molecule has 12 heteroatoms. The Kier molecular flexibility index (Phi) is 6.44. The number of aromatic nitrogens is 1. The predicted molar refractivity (Wildman–Crippen MR) is 114 cm³/mol. The van der Waals surface area contributed by atoms with E-state index in [4.69, 9.17) is 4.78 Å². The van der Waals surface area contributed by atoms with Gasteiger partial charge in [0, 0.05) is 49.3 Å². The van der Waals surface area contributed by atoms with Gasteiger partial charge < -0.3 is 10.2 Å². The van der Waals surface area contributed by atoms with Gasteiger partial charge in [-0.05, 0) is 36.8 Å². The highest BCUT2D eigenvalue weighted by atomic mass is 32.2. The maximum absolute atomic E-state index is 14.0. The van der Waals surface area contributed by atoms with Gasteiger partial charge in [-0.1, -0.05) is 6.92 Å². The van der Waals surface area contributed by atoms with E-state index in [2.05, 4.69) is 10.3 Å². The molecule has 0 bridgehead atoms. The molecule has 33 heavy (non-hydrogen) atoms. The normalized spacial score (nSPS) is 20.2. The predicted octanol–water partition coefficient (Wildman–Crippen LogP) is 5.18. The number of piperidine rings is 1. The maximum atomic E-state index is 14.0. The monoisotopic (exact) mass is 490 g/mol. The van der Waals surface area contributed by atoms with Crippen LogP contribution in [0, 0.1) is 17.6 Å². The van der Waals surface area contributed by atoms with Crippen molar-refractivity contribution in [1.82, 2.24) is 4.98 Å². The lowest BCUT2D eigenvalue weighted by Gasteiger charge is -2.39. The summed E-state index contributed by atoms with van der Waals surface area (Å²) < 4.78 is 88.1. The van der Waals surface area contributed by atoms with Gasteiger partial charge in [-0.15, -0.1) is 0 Å². The van der Waals surface area contributed by atoms with Crippen molar-refractivity contribution in [3.05, 3.63) is 47.2 Å². The van der Waals surface area contributed by atoms with Gasteiger partial charge in [0.1, 0.15) is 5.03 Å². The fourth-order valence-electron chi connectivity index (χ4n) is 3.75. The Hall–Kier alpha value is -2.76. The van der Waals surface area contributed by atoms with Crippen LogP contribution < -0.4 is 10.2 Å². The average Bonchev–Trinajstić information content (AvgIpc) is 2.68. The lowest BCUT2D eigenvalue weighted by molar-refractivity contribution is -0.138. The molecule has 6 nitrogen and oxygen atoms in total. The van der Waals surface area contributed by atoms with Crippen molar-refractivity contribution in [2.24, 2.45) is 5.92 Å². The largest absolute Gasteiger partial charge is 0.416 e. The molecular weight excluding hydrogens is 467 g/mol. The van der Waals surface area contributed by atoms with Crippen molar-refractivity contribution in [1.29, 1.82) is 4.78 Å². The zero-order valence-corrected chi connectivity index (χ0v) is 18.9. The standard InChI is InChI=1S/C21H23F5N4O2S/c1-12-11-30(9-7-20(12,22)23)16-5-4-15(21(24,25)26)13(2)18(16)19(31)29-14-6-8-28-17(10-14)33(3,27)32/h4-6,8,10,12,27H,7,9,11H2,1-3H3,(H,28,29,31)/t12?,33-/m1/s1. The van der Waals surface area contributed by atoms with Crippen molar-refractivity contribution >= 4 is 27.0 Å². The number of nitrogens with one attached hydrogen (secondary N) is 2. The fourth-order valence-corrected chi connectivity index (χ4v) is 4.37. The molecule has 1 saturated heterocycles. The lowest BCUT2D eigenvalue weighted by atomic mass is 9.92. The summed E-state index contributed by atoms with van der Waals surface area (Å²) in [6.07, 6.45) is -2.85. The number of pyridine rings is 1. The Bertz CT molecular complexity index is 1180. The third kappa shape index (κ3) is 5.26. The first kappa shape index (κ1) is 24.9. The van der Waals surface area contributed by atoms with Crippen molar-refractivity contribution in [3.63, 3.8) is 0 Å². The molecule has 3 rings (SSSR count). The van der Waals surface area contributed by atoms with Crippen LogP contribution in [0.1, 0.15) is 34.8 Å². The van der Waals surface area contributed by atoms with E-state index < -0.39 is 45.6 Å². The highest BCUT2D eigenvalue weighted by molar-refractivity contribution is 7.91. The molecule has 1 unspecified atom stereocenters. The molecule has 1 aromatic heterocycles. The Labute approximate surface area is 188 Å². The van der Waals surface area contributed by atoms with Gasteiger partial charge in [-0.25, -0.2) is 22.8 Å². The van der Waals surface area contributed by atoms with Gasteiger partial charge in [0.2, 0.25) is 0 Å². The van der Waals surface area contributed by atoms with Crippen molar-refractivity contribution in [2.75, 3.05) is 29.6 Å². The zero-order valence-electron chi connectivity index (χ0n) is 18.1. The van der Waals surface area contributed by atoms with E-state index in [1.807, 2.05) is 0 Å². The van der Waals surface area contributed by atoms with Crippen LogP contribution in [-0.2, 0) is 15.9 Å². The quantitative estimate of drug-likeness (QED) is 0.579. The highest BCUT2D eigenvalue weighted by Crippen LogP contribution is 2.40. The summed E-state index contributed by atoms with van der Waals surface area (Å²) in [7, 11) is -3.19. The minimum atomic E-state index is -4.72. The van der Waals surface area contributed by atoms with E-state index in [1.165, 1.54) is 30.2 Å². The smallest absolute Gasteiger partial charge is 0.370 e. The molecule has 1 aliphatic heterocycles. The first-order chi connectivity index (χ1) is 15.1. The average molecular weight is 490 g/mol. The van der Waals surface area contributed by atoms with Crippen molar-refractivity contribution in [3.8, 4) is 0 Å². The summed E-state index contributed by atoms with van der Waals surface area (Å²) in [5, 5.41) is 2.36. The Balaban J connectivity index is 2.06. The summed E-state index contributed by atoms with van der Waals surface area (Å²) in [6, 6.07) is 4.52. The van der Waals surface area contributed by atoms with E-state index in [0.29, 0.717) is 0 Å². The number of benzene rings is 1. The van der Waals surface area contributed by atoms with Crippen LogP contribution in [0.25, 0.3) is 0 Å². The molecule has 0 saturated carbocycles. The topological polar surface area (TPSA) is 86.2 Å². The minimum Gasteiger partial charge on any atom is -0.370 e. The summed E-state index contributed by atoms with van der Waals surface area (Å²) in [5.41, 5.74) is -1.42. The third-order valence-corrected chi connectivity index (χ3v) is 6.66. The summed E-state index contributed by atoms with van der Waals surface area (Å²) in [6.45, 7) is 2.25. The second-order valence-corrected chi connectivity index (χ2v) is 10.3. The van der Waals surface area contributed by atoms with Gasteiger partial charge >= 0.3 is 6.18 Å². The molecule has 2 atom stereocenters. The number of hydrogen-bond acceptors (Lipinski definition) is 5. The SMILES string of the molecule is Cc1c(C(F)(F)F)ccc(N2CCC(F)(F)C(C)C2)c1C(=O)Nc1ccnc([S@](C)(=N)=O)c1. The molecule has 1 aromatic carbocycles. The Morgan fingerprint density at radius 1 is 1.30 bits per heavy atom. The maximum Gasteiger partial charge on any atom is 0.416 e. The second-order valence-electron chi connectivity index (χ2n) is 8.17. The molecule has 0 aliphatic carbocycles. The van der Waals surface area contributed by atoms with E-state index in [-0.39, 0.29) is 40.6 Å². The molecule has 1 amide bonds. The highest BCUT2D eigenvalue weighted by Gasteiger charge is 2.42. The van der Waals surface area contributed by atoms with Crippen LogP contribution in [-0.4, -0.2) is 40.4 Å². The molecular formula is C21H23F5N4O2S. The summed E-state index contributed by atoms with van der Waals surface area (Å²) in [5.74, 6) is -4.85. The molecule has 2 aromatic rings. The van der Waals surface area contributed by atoms with Crippen LogP contribution in [0.5, 0.6) is 0 Å². The van der Waals surface area contributed by atoms with E-state index in [9.17, 15) is 31.0 Å². The molecule has 1 fully saturated rings. The van der Waals surface area contributed by atoms with Crippen LogP contribution in [0.15, 0.2) is 35.5 Å². The lowest BCUT2D eigenvalue weighted by Crippen LogP contribution is -2.46. The van der Waals surface area contributed by atoms with E-state index in [1.54, 1.807) is 0 Å². The Morgan fingerprint density at radius 2 is 1.97 bits per heavy atom. The first-order valence-electron chi connectivity index (χ1n) is 9.96. The van der Waals surface area contributed by atoms with Crippen molar-refractivity contribution < 1.29 is 31.0 Å². The number of carbonyl (C=O) groups is 1. The second kappa shape index (κ2) is 8.54. The van der Waals surface area contributed by atoms with Gasteiger partial charge in [0.25, 0.3) is 11.8 Å². The first-order valence-corrected chi connectivity index (χ1v) is 11.9. The van der Waals surface area contributed by atoms with Crippen LogP contribution in [0.4, 0.5) is 33.3 Å². The Morgan fingerprint density at radius 3 is 2.55 bits per heavy atom. The number of halogens is 5. The third-order valence-electron chi connectivity index (χ3n) is 5.64. The van der Waals surface area contributed by atoms with Crippen LogP contribution in [0.2, 0.25) is 0 Å². The van der Waals surface area contributed by atoms with E-state index >= 15 is 0 Å². The number of hydrogen-bond donors (Lipinski definition) is 2. The number of anilines is 2. The van der Waals surface area contributed by atoms with E-state index in [0.717, 1.165) is 25.3 Å².